The molecule has 0 aromatic heterocycles. The molecule has 3 aliphatic heterocycles. The third-order valence-corrected chi connectivity index (χ3v) is 5.90. The number of unbranched alkanes of at least 4 members (excludes halogenated alkanes) is 1. The van der Waals surface area contributed by atoms with Crippen LogP contribution >= 0.6 is 11.6 Å². The number of piperazine rings is 1. The number of methoxy groups -OCH3 is 1. The van der Waals surface area contributed by atoms with Gasteiger partial charge >= 0.3 is 0 Å². The second-order valence-corrected chi connectivity index (χ2v) is 7.88. The van der Waals surface area contributed by atoms with Crippen LogP contribution in [0.4, 0.5) is 5.69 Å². The molecule has 0 N–H and O–H groups in total. The van der Waals surface area contributed by atoms with Gasteiger partial charge in [-0.2, -0.15) is 0 Å². The van der Waals surface area contributed by atoms with Crippen molar-refractivity contribution in [2.24, 2.45) is 0 Å². The summed E-state index contributed by atoms with van der Waals surface area (Å²) in [5.74, 6) is 0.969. The summed E-state index contributed by atoms with van der Waals surface area (Å²) >= 11 is 6.15. The maximum atomic E-state index is 6.15. The summed E-state index contributed by atoms with van der Waals surface area (Å²) in [5.41, 5.74) is 2.45. The number of allylic oxidation sites excluding steroid dienone is 3. The molecule has 150 valence electrons. The standard InChI is InChI=1S/C22H29ClN4O/c1-28-22-7-3-2-6-21(22)25-16-14-24(15-17-25)11-4-5-12-26-13-10-20-9-8-19(23)18-27(20)26/h2-3,6-10,18H,4-5,11-17H2,1H3. The topological polar surface area (TPSA) is 22.2 Å². The largest absolute Gasteiger partial charge is 0.495 e. The zero-order valence-electron chi connectivity index (χ0n) is 16.6. The van der Waals surface area contributed by atoms with Crippen LogP contribution < -0.4 is 9.64 Å². The fourth-order valence-electron chi connectivity index (χ4n) is 4.10. The summed E-state index contributed by atoms with van der Waals surface area (Å²) in [6.07, 6.45) is 10.7. The van der Waals surface area contributed by atoms with Gasteiger partial charge in [-0.15, -0.1) is 0 Å². The molecule has 1 aromatic rings. The van der Waals surface area contributed by atoms with Crippen molar-refractivity contribution in [3.05, 3.63) is 59.4 Å². The van der Waals surface area contributed by atoms with Crippen molar-refractivity contribution in [1.82, 2.24) is 14.9 Å². The average molecular weight is 401 g/mol. The Labute approximate surface area is 173 Å². The number of hydrogen-bond donors (Lipinski definition) is 0. The van der Waals surface area contributed by atoms with Gasteiger partial charge in [0.05, 0.1) is 23.5 Å². The van der Waals surface area contributed by atoms with E-state index in [9.17, 15) is 0 Å². The monoisotopic (exact) mass is 400 g/mol. The molecule has 0 saturated carbocycles. The lowest BCUT2D eigenvalue weighted by molar-refractivity contribution is 0.0894. The molecule has 5 nitrogen and oxygen atoms in total. The van der Waals surface area contributed by atoms with Crippen molar-refractivity contribution in [3.63, 3.8) is 0 Å². The number of halogens is 1. The number of benzene rings is 1. The molecule has 0 bridgehead atoms. The zero-order chi connectivity index (χ0) is 19.3. The number of fused-ring (bicyclic) bond motifs is 1. The minimum atomic E-state index is 0.789. The Hall–Kier alpha value is -1.95. The number of nitrogens with zero attached hydrogens (tertiary/aromatic N) is 4. The second-order valence-electron chi connectivity index (χ2n) is 7.44. The van der Waals surface area contributed by atoms with Crippen molar-refractivity contribution in [2.75, 3.05) is 57.8 Å². The van der Waals surface area contributed by atoms with E-state index in [-0.39, 0.29) is 0 Å². The fraction of sp³-hybridized carbons (Fsp3) is 0.455. The first-order chi connectivity index (χ1) is 13.7. The van der Waals surface area contributed by atoms with Gasteiger partial charge in [-0.05, 0) is 49.7 Å². The predicted molar refractivity (Wildman–Crippen MR) is 115 cm³/mol. The van der Waals surface area contributed by atoms with Crippen LogP contribution in [0, 0.1) is 0 Å². The van der Waals surface area contributed by atoms with Gasteiger partial charge in [-0.25, -0.2) is 5.01 Å². The molecule has 3 aliphatic rings. The van der Waals surface area contributed by atoms with Crippen molar-refractivity contribution in [3.8, 4) is 5.75 Å². The van der Waals surface area contributed by atoms with Gasteiger partial charge in [0.1, 0.15) is 5.75 Å². The lowest BCUT2D eigenvalue weighted by atomic mass is 10.2. The fourth-order valence-corrected chi connectivity index (χ4v) is 4.26. The average Bonchev–Trinajstić information content (AvgIpc) is 3.13. The highest BCUT2D eigenvalue weighted by atomic mass is 35.5. The molecule has 0 radical (unpaired) electrons. The van der Waals surface area contributed by atoms with Gasteiger partial charge in [0.25, 0.3) is 0 Å². The first-order valence-corrected chi connectivity index (χ1v) is 10.5. The van der Waals surface area contributed by atoms with E-state index in [4.69, 9.17) is 16.3 Å². The van der Waals surface area contributed by atoms with Crippen LogP contribution in [0.15, 0.2) is 59.4 Å². The molecule has 1 aromatic carbocycles. The van der Waals surface area contributed by atoms with Crippen LogP contribution in [0.5, 0.6) is 5.75 Å². The Bertz CT molecular complexity index is 768. The van der Waals surface area contributed by atoms with E-state index >= 15 is 0 Å². The quantitative estimate of drug-likeness (QED) is 0.649. The van der Waals surface area contributed by atoms with E-state index in [1.54, 1.807) is 7.11 Å². The van der Waals surface area contributed by atoms with Crippen LogP contribution in [-0.4, -0.2) is 67.8 Å². The molecule has 4 rings (SSSR count). The Balaban J connectivity index is 1.17. The summed E-state index contributed by atoms with van der Waals surface area (Å²) in [6, 6.07) is 8.31. The van der Waals surface area contributed by atoms with Crippen LogP contribution in [0.1, 0.15) is 12.8 Å². The normalized spacial score (nSPS) is 20.2. The number of hydrazine groups is 1. The van der Waals surface area contributed by atoms with Crippen LogP contribution in [0.25, 0.3) is 0 Å². The lowest BCUT2D eigenvalue weighted by Gasteiger charge is -2.36. The van der Waals surface area contributed by atoms with Crippen molar-refractivity contribution in [1.29, 1.82) is 0 Å². The maximum absolute atomic E-state index is 6.15. The number of ether oxygens (including phenoxy) is 1. The number of para-hydroxylation sites is 2. The SMILES string of the molecule is COc1ccccc1N1CCN(CCCCN2CC=C3C=CC(Cl)=CN32)CC1. The van der Waals surface area contributed by atoms with Crippen LogP contribution in [-0.2, 0) is 0 Å². The Kier molecular flexibility index (Phi) is 6.25. The van der Waals surface area contributed by atoms with Gasteiger partial charge in [0, 0.05) is 45.5 Å². The van der Waals surface area contributed by atoms with Gasteiger partial charge in [0.15, 0.2) is 0 Å². The molecular formula is C22H29ClN4O. The van der Waals surface area contributed by atoms with E-state index in [1.807, 2.05) is 24.4 Å². The van der Waals surface area contributed by atoms with Gasteiger partial charge in [0.2, 0.25) is 0 Å². The molecule has 0 unspecified atom stereocenters. The summed E-state index contributed by atoms with van der Waals surface area (Å²) in [6.45, 7) is 7.55. The van der Waals surface area contributed by atoms with E-state index in [0.29, 0.717) is 0 Å². The van der Waals surface area contributed by atoms with Crippen LogP contribution in [0.2, 0.25) is 0 Å². The lowest BCUT2D eigenvalue weighted by Crippen LogP contribution is -2.46. The predicted octanol–water partition coefficient (Wildman–Crippen LogP) is 3.66. The summed E-state index contributed by atoms with van der Waals surface area (Å²) in [5, 5.41) is 5.34. The smallest absolute Gasteiger partial charge is 0.142 e. The first-order valence-electron chi connectivity index (χ1n) is 10.1. The summed E-state index contributed by atoms with van der Waals surface area (Å²) in [4.78, 5) is 5.02. The zero-order valence-corrected chi connectivity index (χ0v) is 17.3. The summed E-state index contributed by atoms with van der Waals surface area (Å²) < 4.78 is 5.51. The van der Waals surface area contributed by atoms with E-state index in [1.165, 1.54) is 30.8 Å². The Morgan fingerprint density at radius 1 is 1.00 bits per heavy atom. The third-order valence-electron chi connectivity index (χ3n) is 5.68. The van der Waals surface area contributed by atoms with Crippen molar-refractivity contribution in [2.45, 2.75) is 12.8 Å². The molecular weight excluding hydrogens is 372 g/mol. The minimum Gasteiger partial charge on any atom is -0.495 e. The molecule has 0 amide bonds. The molecule has 1 fully saturated rings. The van der Waals surface area contributed by atoms with Gasteiger partial charge in [-0.3, -0.25) is 9.91 Å². The highest BCUT2D eigenvalue weighted by Crippen LogP contribution is 2.28. The van der Waals surface area contributed by atoms with E-state index in [2.05, 4.69) is 44.1 Å². The first kappa shape index (κ1) is 19.4. The molecule has 28 heavy (non-hydrogen) atoms. The van der Waals surface area contributed by atoms with E-state index in [0.717, 1.165) is 50.1 Å². The third kappa shape index (κ3) is 4.37. The number of hydrogen-bond acceptors (Lipinski definition) is 5. The van der Waals surface area contributed by atoms with Crippen molar-refractivity contribution < 1.29 is 4.74 Å². The molecule has 0 aliphatic carbocycles. The minimum absolute atomic E-state index is 0.789. The van der Waals surface area contributed by atoms with Crippen LogP contribution in [0.3, 0.4) is 0 Å². The van der Waals surface area contributed by atoms with E-state index < -0.39 is 0 Å². The van der Waals surface area contributed by atoms with Crippen molar-refractivity contribution >= 4 is 17.3 Å². The van der Waals surface area contributed by atoms with Gasteiger partial charge < -0.3 is 9.64 Å². The Morgan fingerprint density at radius 2 is 1.79 bits per heavy atom. The highest BCUT2D eigenvalue weighted by Gasteiger charge is 2.23. The highest BCUT2D eigenvalue weighted by molar-refractivity contribution is 6.31. The Morgan fingerprint density at radius 3 is 2.61 bits per heavy atom. The molecule has 3 heterocycles. The summed E-state index contributed by atoms with van der Waals surface area (Å²) in [7, 11) is 1.75. The van der Waals surface area contributed by atoms with Gasteiger partial charge in [-0.1, -0.05) is 23.7 Å². The second kappa shape index (κ2) is 9.03. The number of anilines is 1. The number of rotatable bonds is 7. The maximum Gasteiger partial charge on any atom is 0.142 e. The molecule has 0 spiro atoms. The molecule has 0 atom stereocenters. The molecule has 6 heteroatoms. The molecule has 1 saturated heterocycles.